The Hall–Kier alpha value is -3.22. The summed E-state index contributed by atoms with van der Waals surface area (Å²) in [4.78, 5) is 30.7. The standard InChI is InChI=1S/C27H30N4O6S/c32-20-8-10-29(11-9-20)26(33)18-4-3-5-19(16-18)31-25-21-6-1-2-7-23(21)38(35,36)17-22(25)24(28-31)27(34)30-12-14-37-15-13-30/h1-7,16,20,32,35-36H,8-15,17H2. The molecule has 3 aliphatic rings. The van der Waals surface area contributed by atoms with E-state index in [1.54, 1.807) is 50.9 Å². The number of fused-ring (bicyclic) bond motifs is 3. The van der Waals surface area contributed by atoms with Crippen molar-refractivity contribution in [1.29, 1.82) is 0 Å². The molecule has 200 valence electrons. The maximum absolute atomic E-state index is 13.6. The fourth-order valence-corrected chi connectivity index (χ4v) is 7.03. The zero-order valence-electron chi connectivity index (χ0n) is 20.8. The highest BCUT2D eigenvalue weighted by Gasteiger charge is 2.37. The molecule has 0 spiro atoms. The third-order valence-corrected chi connectivity index (χ3v) is 9.17. The van der Waals surface area contributed by atoms with E-state index < -0.39 is 10.6 Å². The second kappa shape index (κ2) is 9.83. The van der Waals surface area contributed by atoms with E-state index in [9.17, 15) is 23.8 Å². The molecule has 4 heterocycles. The van der Waals surface area contributed by atoms with E-state index in [4.69, 9.17) is 9.84 Å². The average molecular weight is 539 g/mol. The molecule has 2 amide bonds. The van der Waals surface area contributed by atoms with Crippen molar-refractivity contribution in [2.75, 3.05) is 39.4 Å². The molecule has 3 aromatic rings. The number of carbonyl (C=O) groups is 2. The van der Waals surface area contributed by atoms with Crippen molar-refractivity contribution in [3.8, 4) is 16.9 Å². The Bertz CT molecular complexity index is 1390. The van der Waals surface area contributed by atoms with Crippen LogP contribution in [-0.4, -0.2) is 91.1 Å². The summed E-state index contributed by atoms with van der Waals surface area (Å²) in [7, 11) is -3.18. The van der Waals surface area contributed by atoms with Crippen molar-refractivity contribution in [2.45, 2.75) is 29.6 Å². The molecule has 0 bridgehead atoms. The summed E-state index contributed by atoms with van der Waals surface area (Å²) >= 11 is 0. The fraction of sp³-hybridized carbons (Fsp3) is 0.370. The van der Waals surface area contributed by atoms with Gasteiger partial charge in [-0.3, -0.25) is 18.7 Å². The van der Waals surface area contributed by atoms with Gasteiger partial charge in [0.2, 0.25) is 0 Å². The van der Waals surface area contributed by atoms with E-state index in [2.05, 4.69) is 0 Å². The maximum Gasteiger partial charge on any atom is 0.274 e. The van der Waals surface area contributed by atoms with Crippen LogP contribution in [0.25, 0.3) is 16.9 Å². The van der Waals surface area contributed by atoms with Gasteiger partial charge in [0.15, 0.2) is 5.69 Å². The highest BCUT2D eigenvalue weighted by Crippen LogP contribution is 2.59. The monoisotopic (exact) mass is 538 g/mol. The number of likely N-dealkylation sites (tertiary alicyclic amines) is 1. The van der Waals surface area contributed by atoms with E-state index in [1.165, 1.54) is 0 Å². The number of rotatable bonds is 3. The lowest BCUT2D eigenvalue weighted by Crippen LogP contribution is -2.41. The number of ether oxygens (including phenoxy) is 1. The summed E-state index contributed by atoms with van der Waals surface area (Å²) < 4.78 is 29.1. The molecular weight excluding hydrogens is 508 g/mol. The van der Waals surface area contributed by atoms with Crippen molar-refractivity contribution >= 4 is 22.4 Å². The van der Waals surface area contributed by atoms with Gasteiger partial charge in [0.1, 0.15) is 0 Å². The molecule has 2 fully saturated rings. The number of aromatic nitrogens is 2. The van der Waals surface area contributed by atoms with E-state index in [-0.39, 0.29) is 29.4 Å². The molecule has 38 heavy (non-hydrogen) atoms. The Balaban J connectivity index is 1.46. The quantitative estimate of drug-likeness (QED) is 0.467. The van der Waals surface area contributed by atoms with Gasteiger partial charge in [-0.2, -0.15) is 15.7 Å². The minimum atomic E-state index is -3.18. The summed E-state index contributed by atoms with van der Waals surface area (Å²) in [6.07, 6.45) is 0.721. The van der Waals surface area contributed by atoms with Crippen LogP contribution in [0.4, 0.5) is 0 Å². The van der Waals surface area contributed by atoms with Gasteiger partial charge in [0.25, 0.3) is 11.8 Å². The third-order valence-electron chi connectivity index (χ3n) is 7.41. The van der Waals surface area contributed by atoms with Crippen LogP contribution < -0.4 is 0 Å². The molecule has 1 aromatic heterocycles. The van der Waals surface area contributed by atoms with Crippen molar-refractivity contribution in [2.24, 2.45) is 0 Å². The van der Waals surface area contributed by atoms with Gasteiger partial charge in [-0.25, -0.2) is 4.68 Å². The Kier molecular flexibility index (Phi) is 6.48. The number of hydrogen-bond acceptors (Lipinski definition) is 7. The first kappa shape index (κ1) is 25.1. The number of hydrogen-bond donors (Lipinski definition) is 3. The molecule has 0 saturated carbocycles. The Morgan fingerprint density at radius 3 is 2.39 bits per heavy atom. The molecule has 2 aromatic carbocycles. The number of aliphatic hydroxyl groups is 1. The van der Waals surface area contributed by atoms with Crippen molar-refractivity contribution in [1.82, 2.24) is 19.6 Å². The zero-order valence-corrected chi connectivity index (χ0v) is 21.6. The first-order chi connectivity index (χ1) is 18.3. The number of carbonyl (C=O) groups excluding carboxylic acids is 2. The number of piperidine rings is 1. The maximum atomic E-state index is 13.6. The molecule has 0 radical (unpaired) electrons. The highest BCUT2D eigenvalue weighted by atomic mass is 32.3. The van der Waals surface area contributed by atoms with Crippen LogP contribution in [0.5, 0.6) is 0 Å². The summed E-state index contributed by atoms with van der Waals surface area (Å²) in [5.74, 6) is -0.518. The molecule has 0 unspecified atom stereocenters. The Morgan fingerprint density at radius 1 is 0.921 bits per heavy atom. The predicted molar refractivity (Wildman–Crippen MR) is 142 cm³/mol. The lowest BCUT2D eigenvalue weighted by atomic mass is 10.0. The van der Waals surface area contributed by atoms with Gasteiger partial charge < -0.3 is 19.6 Å². The van der Waals surface area contributed by atoms with Crippen molar-refractivity contribution in [3.63, 3.8) is 0 Å². The average Bonchev–Trinajstić information content (AvgIpc) is 3.32. The summed E-state index contributed by atoms with van der Waals surface area (Å²) in [5.41, 5.74) is 2.97. The lowest BCUT2D eigenvalue weighted by molar-refractivity contribution is 0.0298. The molecule has 10 nitrogen and oxygen atoms in total. The van der Waals surface area contributed by atoms with Gasteiger partial charge in [-0.1, -0.05) is 24.3 Å². The Morgan fingerprint density at radius 2 is 1.63 bits per heavy atom. The van der Waals surface area contributed by atoms with E-state index in [0.717, 1.165) is 0 Å². The second-order valence-corrected chi connectivity index (χ2v) is 11.9. The SMILES string of the molecule is O=C(c1cccc(-n2nc(C(=O)N3CCOCC3)c3c2-c2ccccc2S(O)(O)C3)c1)N1CCC(O)CC1. The first-order valence-electron chi connectivity index (χ1n) is 12.8. The van der Waals surface area contributed by atoms with Crippen LogP contribution in [0.15, 0.2) is 53.4 Å². The predicted octanol–water partition coefficient (Wildman–Crippen LogP) is 3.23. The van der Waals surface area contributed by atoms with Gasteiger partial charge in [-0.05, 0) is 37.1 Å². The van der Waals surface area contributed by atoms with Gasteiger partial charge in [-0.15, -0.1) is 0 Å². The zero-order chi connectivity index (χ0) is 26.4. The molecule has 3 aliphatic heterocycles. The summed E-state index contributed by atoms with van der Waals surface area (Å²) in [6.45, 7) is 2.72. The van der Waals surface area contributed by atoms with Crippen LogP contribution >= 0.6 is 10.6 Å². The third kappa shape index (κ3) is 4.40. The topological polar surface area (TPSA) is 128 Å². The fourth-order valence-electron chi connectivity index (χ4n) is 5.39. The second-order valence-electron chi connectivity index (χ2n) is 9.87. The summed E-state index contributed by atoms with van der Waals surface area (Å²) in [6, 6.07) is 14.2. The highest BCUT2D eigenvalue weighted by molar-refractivity contribution is 8.23. The molecule has 0 aliphatic carbocycles. The first-order valence-corrected chi connectivity index (χ1v) is 14.5. The minimum Gasteiger partial charge on any atom is -0.393 e. The van der Waals surface area contributed by atoms with Gasteiger partial charge in [0, 0.05) is 42.9 Å². The van der Waals surface area contributed by atoms with Crippen LogP contribution in [-0.2, 0) is 10.5 Å². The van der Waals surface area contributed by atoms with Crippen LogP contribution in [0.3, 0.4) is 0 Å². The van der Waals surface area contributed by atoms with Crippen LogP contribution in [0.2, 0.25) is 0 Å². The number of benzene rings is 2. The molecule has 11 heteroatoms. The molecular formula is C27H30N4O6S. The van der Waals surface area contributed by atoms with Crippen LogP contribution in [0.1, 0.15) is 39.3 Å². The molecule has 0 atom stereocenters. The van der Waals surface area contributed by atoms with E-state index in [1.807, 2.05) is 12.1 Å². The van der Waals surface area contributed by atoms with Crippen molar-refractivity contribution < 1.29 is 28.5 Å². The number of aliphatic hydroxyl groups excluding tert-OH is 1. The Labute approximate surface area is 221 Å². The minimum absolute atomic E-state index is 0.112. The summed E-state index contributed by atoms with van der Waals surface area (Å²) in [5, 5.41) is 14.6. The lowest BCUT2D eigenvalue weighted by Gasteiger charge is -2.38. The largest absolute Gasteiger partial charge is 0.393 e. The van der Waals surface area contributed by atoms with E-state index in [0.29, 0.717) is 85.2 Å². The van der Waals surface area contributed by atoms with E-state index >= 15 is 0 Å². The number of nitrogens with zero attached hydrogens (tertiary/aromatic N) is 4. The smallest absolute Gasteiger partial charge is 0.274 e. The van der Waals surface area contributed by atoms with Crippen LogP contribution in [0, 0.1) is 0 Å². The molecule has 2 saturated heterocycles. The normalized spacial score (nSPS) is 20.0. The molecule has 6 rings (SSSR count). The van der Waals surface area contributed by atoms with Crippen molar-refractivity contribution in [3.05, 3.63) is 65.4 Å². The van der Waals surface area contributed by atoms with Gasteiger partial charge in [0.05, 0.1) is 41.3 Å². The number of amides is 2. The van der Waals surface area contributed by atoms with Gasteiger partial charge >= 0.3 is 0 Å². The molecule has 3 N–H and O–H groups in total. The number of morpholine rings is 1.